The van der Waals surface area contributed by atoms with Gasteiger partial charge in [0.1, 0.15) is 22.6 Å². The van der Waals surface area contributed by atoms with Crippen LogP contribution in [0.15, 0.2) is 65.8 Å². The number of benzene rings is 2. The molecule has 0 radical (unpaired) electrons. The molecule has 1 saturated heterocycles. The third-order valence-electron chi connectivity index (χ3n) is 8.41. The Morgan fingerprint density at radius 2 is 1.61 bits per heavy atom. The van der Waals surface area contributed by atoms with E-state index in [4.69, 9.17) is 14.6 Å². The smallest absolute Gasteiger partial charge is 0.408 e. The molecule has 2 aromatic carbocycles. The van der Waals surface area contributed by atoms with E-state index in [1.54, 1.807) is 44.5 Å². The van der Waals surface area contributed by atoms with E-state index in [1.165, 1.54) is 0 Å². The van der Waals surface area contributed by atoms with Crippen molar-refractivity contribution in [3.63, 3.8) is 0 Å². The van der Waals surface area contributed by atoms with E-state index in [1.807, 2.05) is 60.7 Å². The molecular formula is C35H45N5O6. The van der Waals surface area contributed by atoms with Crippen LogP contribution in [0.1, 0.15) is 65.0 Å². The van der Waals surface area contributed by atoms with Gasteiger partial charge in [-0.25, -0.2) is 9.80 Å². The van der Waals surface area contributed by atoms with Gasteiger partial charge >= 0.3 is 6.09 Å². The van der Waals surface area contributed by atoms with Gasteiger partial charge in [0.05, 0.1) is 25.0 Å². The minimum absolute atomic E-state index is 0.0741. The lowest BCUT2D eigenvalue weighted by Gasteiger charge is -2.41. The Bertz CT molecular complexity index is 1470. The summed E-state index contributed by atoms with van der Waals surface area (Å²) in [5.41, 5.74) is -0.414. The molecule has 1 aliphatic carbocycles. The summed E-state index contributed by atoms with van der Waals surface area (Å²) in [4.78, 5) is 56.1. The molecule has 3 aliphatic rings. The minimum atomic E-state index is -1.40. The number of nitrogens with zero attached hydrogens (tertiary/aromatic N) is 3. The predicted octanol–water partition coefficient (Wildman–Crippen LogP) is 3.81. The number of ether oxygens (including phenoxy) is 2. The van der Waals surface area contributed by atoms with Crippen molar-refractivity contribution in [2.45, 2.75) is 90.1 Å². The Kier molecular flexibility index (Phi) is 9.53. The van der Waals surface area contributed by atoms with Gasteiger partial charge in [-0.15, -0.1) is 0 Å². The molecule has 1 saturated carbocycles. The number of hydrazone groups is 1. The maximum Gasteiger partial charge on any atom is 0.408 e. The molecule has 2 aromatic rings. The molecule has 5 rings (SSSR count). The summed E-state index contributed by atoms with van der Waals surface area (Å²) < 4.78 is 11.3. The van der Waals surface area contributed by atoms with Crippen LogP contribution in [0.2, 0.25) is 0 Å². The number of alkyl carbamates (subject to hydrolysis) is 1. The van der Waals surface area contributed by atoms with Crippen molar-refractivity contribution in [2.24, 2.45) is 10.5 Å². The molecule has 11 heteroatoms. The summed E-state index contributed by atoms with van der Waals surface area (Å²) in [6.45, 7) is 8.92. The van der Waals surface area contributed by atoms with Crippen molar-refractivity contribution in [1.82, 2.24) is 20.5 Å². The van der Waals surface area contributed by atoms with E-state index in [9.17, 15) is 19.2 Å². The molecule has 11 nitrogen and oxygen atoms in total. The Labute approximate surface area is 270 Å². The summed E-state index contributed by atoms with van der Waals surface area (Å²) in [5.74, 6) is -1.01. The zero-order valence-electron chi connectivity index (χ0n) is 27.4. The monoisotopic (exact) mass is 631 g/mol. The molecule has 4 amide bonds. The Morgan fingerprint density at radius 3 is 2.22 bits per heavy atom. The molecule has 46 heavy (non-hydrogen) atoms. The summed E-state index contributed by atoms with van der Waals surface area (Å²) in [7, 11) is 0. The summed E-state index contributed by atoms with van der Waals surface area (Å²) in [6, 6.07) is 18.4. The van der Waals surface area contributed by atoms with Gasteiger partial charge < -0.3 is 25.0 Å². The van der Waals surface area contributed by atoms with Gasteiger partial charge in [-0.1, -0.05) is 60.7 Å². The second-order valence-corrected chi connectivity index (χ2v) is 14.0. The Hall–Kier alpha value is -4.25. The van der Waals surface area contributed by atoms with Crippen LogP contribution in [0.4, 0.5) is 4.79 Å². The summed E-state index contributed by atoms with van der Waals surface area (Å²) in [5, 5.41) is 11.9. The molecule has 0 aromatic heterocycles. The third-order valence-corrected chi connectivity index (χ3v) is 8.41. The van der Waals surface area contributed by atoms with Gasteiger partial charge in [0, 0.05) is 19.5 Å². The van der Waals surface area contributed by atoms with Crippen LogP contribution >= 0.6 is 0 Å². The lowest BCUT2D eigenvalue weighted by Crippen LogP contribution is -2.63. The highest BCUT2D eigenvalue weighted by Gasteiger charge is 2.57. The molecule has 2 fully saturated rings. The maximum atomic E-state index is 14.3. The van der Waals surface area contributed by atoms with Crippen LogP contribution in [-0.2, 0) is 36.9 Å². The summed E-state index contributed by atoms with van der Waals surface area (Å²) in [6.07, 6.45) is 1.97. The van der Waals surface area contributed by atoms with E-state index < -0.39 is 34.6 Å². The van der Waals surface area contributed by atoms with Gasteiger partial charge in [0.15, 0.2) is 0 Å². The highest BCUT2D eigenvalue weighted by Crippen LogP contribution is 2.43. The van der Waals surface area contributed by atoms with Gasteiger partial charge in [0.25, 0.3) is 5.91 Å². The van der Waals surface area contributed by atoms with Crippen molar-refractivity contribution >= 4 is 29.5 Å². The fraction of sp³-hybridized carbons (Fsp3) is 0.514. The van der Waals surface area contributed by atoms with Gasteiger partial charge in [-0.05, 0) is 65.0 Å². The number of hydrogen-bond donors (Lipinski definition) is 2. The number of likely N-dealkylation sites (tertiary alicyclic amines) is 1. The predicted molar refractivity (Wildman–Crippen MR) is 173 cm³/mol. The fourth-order valence-electron chi connectivity index (χ4n) is 5.86. The number of rotatable bonds is 11. The van der Waals surface area contributed by atoms with Gasteiger partial charge in [-0.3, -0.25) is 14.4 Å². The Morgan fingerprint density at radius 1 is 0.978 bits per heavy atom. The average molecular weight is 632 g/mol. The molecule has 246 valence electrons. The van der Waals surface area contributed by atoms with E-state index in [2.05, 4.69) is 10.6 Å². The highest BCUT2D eigenvalue weighted by atomic mass is 16.6. The van der Waals surface area contributed by atoms with Crippen molar-refractivity contribution in [3.05, 3.63) is 71.8 Å². The van der Waals surface area contributed by atoms with Crippen LogP contribution in [-0.4, -0.2) is 82.4 Å². The van der Waals surface area contributed by atoms with Crippen molar-refractivity contribution in [3.8, 4) is 0 Å². The second-order valence-electron chi connectivity index (χ2n) is 14.0. The standard InChI is InChI=1S/C35H45N5O6/c1-33(2,3)46-32(44)37-34(4,5)30(42)36-27(22-45-21-25-14-10-7-11-15-25)29(41)39-19-18-28-35(23-39,20-24-12-8-6-9-13-24)31(43)40(38-28)26-16-17-26/h6-15,26-27H,16-23H2,1-5H3,(H,36,42)(H,37,44). The third kappa shape index (κ3) is 7.75. The Balaban J connectivity index is 1.36. The number of nitrogens with one attached hydrogen (secondary N) is 2. The van der Waals surface area contributed by atoms with Crippen molar-refractivity contribution in [2.75, 3.05) is 19.7 Å². The molecule has 2 atom stereocenters. The molecule has 2 heterocycles. The number of carbonyl (C=O) groups excluding carboxylic acids is 4. The molecular weight excluding hydrogens is 586 g/mol. The van der Waals surface area contributed by atoms with Crippen molar-refractivity contribution < 1.29 is 28.7 Å². The lowest BCUT2D eigenvalue weighted by molar-refractivity contribution is -0.144. The molecule has 2 aliphatic heterocycles. The zero-order chi connectivity index (χ0) is 33.1. The number of amides is 4. The SMILES string of the molecule is CC(C)(C)OC(=O)NC(C)(C)C(=O)NC(COCc1ccccc1)C(=O)N1CCC2=NN(C3CC3)C(=O)C2(Cc2ccccc2)C1. The van der Waals surface area contributed by atoms with Crippen LogP contribution in [0, 0.1) is 5.41 Å². The summed E-state index contributed by atoms with van der Waals surface area (Å²) >= 11 is 0. The topological polar surface area (TPSA) is 130 Å². The minimum Gasteiger partial charge on any atom is -0.444 e. The van der Waals surface area contributed by atoms with Gasteiger partial charge in [0.2, 0.25) is 11.8 Å². The number of piperidine rings is 1. The van der Waals surface area contributed by atoms with Crippen LogP contribution in [0.5, 0.6) is 0 Å². The first-order valence-corrected chi connectivity index (χ1v) is 16.0. The normalized spacial score (nSPS) is 20.5. The first-order valence-electron chi connectivity index (χ1n) is 16.0. The number of fused-ring (bicyclic) bond motifs is 1. The van der Waals surface area contributed by atoms with E-state index in [-0.39, 0.29) is 37.6 Å². The largest absolute Gasteiger partial charge is 0.444 e. The molecule has 2 N–H and O–H groups in total. The average Bonchev–Trinajstić information content (AvgIpc) is 3.80. The van der Waals surface area contributed by atoms with E-state index >= 15 is 0 Å². The number of carbonyl (C=O) groups is 4. The van der Waals surface area contributed by atoms with Crippen molar-refractivity contribution in [1.29, 1.82) is 0 Å². The van der Waals surface area contributed by atoms with Crippen LogP contribution in [0.3, 0.4) is 0 Å². The van der Waals surface area contributed by atoms with E-state index in [0.29, 0.717) is 19.4 Å². The maximum absolute atomic E-state index is 14.3. The zero-order valence-corrected chi connectivity index (χ0v) is 27.4. The molecule has 0 bridgehead atoms. The van der Waals surface area contributed by atoms with E-state index in [0.717, 1.165) is 29.7 Å². The van der Waals surface area contributed by atoms with Gasteiger partial charge in [-0.2, -0.15) is 5.10 Å². The molecule has 0 spiro atoms. The number of hydrogen-bond acceptors (Lipinski definition) is 7. The van der Waals surface area contributed by atoms with Crippen LogP contribution < -0.4 is 10.6 Å². The fourth-order valence-corrected chi connectivity index (χ4v) is 5.86. The van der Waals surface area contributed by atoms with Crippen LogP contribution in [0.25, 0.3) is 0 Å². The highest BCUT2D eigenvalue weighted by molar-refractivity contribution is 6.14. The second kappa shape index (κ2) is 13.2. The lowest BCUT2D eigenvalue weighted by atomic mass is 9.73. The molecule has 2 unspecified atom stereocenters. The first kappa shape index (κ1) is 33.1. The quantitative estimate of drug-likeness (QED) is 0.388. The first-order chi connectivity index (χ1) is 21.8.